The lowest BCUT2D eigenvalue weighted by Gasteiger charge is -2.19. The highest BCUT2D eigenvalue weighted by Gasteiger charge is 2.24. The number of rotatable bonds is 9. The van der Waals surface area contributed by atoms with Crippen LogP contribution in [0, 0.1) is 5.92 Å². The highest BCUT2D eigenvalue weighted by atomic mass is 16.5. The van der Waals surface area contributed by atoms with Crippen molar-refractivity contribution < 1.29 is 9.53 Å². The quantitative estimate of drug-likeness (QED) is 0.237. The van der Waals surface area contributed by atoms with E-state index in [0.29, 0.717) is 12.5 Å². The predicted octanol–water partition coefficient (Wildman–Crippen LogP) is 6.39. The molecule has 5 heteroatoms. The Morgan fingerprint density at radius 3 is 2.11 bits per heavy atom. The fraction of sp³-hybridized carbons (Fsp3) is 0.233. The van der Waals surface area contributed by atoms with Gasteiger partial charge in [0.25, 0.3) is 0 Å². The van der Waals surface area contributed by atoms with Crippen LogP contribution in [0.4, 0.5) is 5.69 Å². The highest BCUT2D eigenvalue weighted by Crippen LogP contribution is 2.38. The van der Waals surface area contributed by atoms with Gasteiger partial charge in [0.2, 0.25) is 5.91 Å². The third-order valence-corrected chi connectivity index (χ3v) is 6.99. The molecule has 0 aliphatic heterocycles. The van der Waals surface area contributed by atoms with Gasteiger partial charge in [0.05, 0.1) is 6.61 Å². The number of aromatic nitrogens is 2. The van der Waals surface area contributed by atoms with E-state index in [1.165, 1.54) is 34.7 Å². The van der Waals surface area contributed by atoms with Crippen LogP contribution in [0.25, 0.3) is 21.8 Å². The third kappa shape index (κ3) is 4.60. The largest absolute Gasteiger partial charge is 0.371 e. The van der Waals surface area contributed by atoms with Crippen molar-refractivity contribution in [2.45, 2.75) is 25.2 Å². The summed E-state index contributed by atoms with van der Waals surface area (Å²) in [6.45, 7) is 0.775. The molecule has 5 nitrogen and oxygen atoms in total. The number of para-hydroxylation sites is 3. The first-order valence-corrected chi connectivity index (χ1v) is 12.3. The molecule has 1 aliphatic carbocycles. The Balaban J connectivity index is 1.34. The van der Waals surface area contributed by atoms with Crippen molar-refractivity contribution in [1.82, 2.24) is 9.97 Å². The van der Waals surface area contributed by atoms with Crippen molar-refractivity contribution in [3.8, 4) is 0 Å². The molecule has 0 spiro atoms. The number of benzene rings is 3. The van der Waals surface area contributed by atoms with Gasteiger partial charge < -0.3 is 20.0 Å². The van der Waals surface area contributed by atoms with Gasteiger partial charge in [-0.2, -0.15) is 0 Å². The van der Waals surface area contributed by atoms with Crippen LogP contribution >= 0.6 is 0 Å². The summed E-state index contributed by atoms with van der Waals surface area (Å²) in [6.07, 6.45) is 7.44. The Hall–Kier alpha value is -3.83. The summed E-state index contributed by atoms with van der Waals surface area (Å²) in [5.74, 6) is 0.642. The Bertz CT molecular complexity index is 1400. The van der Waals surface area contributed by atoms with Crippen LogP contribution in [0.3, 0.4) is 0 Å². The van der Waals surface area contributed by atoms with Crippen LogP contribution in [0.5, 0.6) is 0 Å². The molecule has 6 rings (SSSR count). The van der Waals surface area contributed by atoms with Gasteiger partial charge in [-0.1, -0.05) is 54.6 Å². The molecular formula is C30H29N3O2. The maximum Gasteiger partial charge on any atom is 0.250 e. The minimum atomic E-state index is -0.103. The fourth-order valence-corrected chi connectivity index (χ4v) is 4.98. The number of aromatic amines is 2. The third-order valence-electron chi connectivity index (χ3n) is 6.99. The molecule has 0 unspecified atom stereocenters. The molecule has 1 saturated carbocycles. The molecular weight excluding hydrogens is 434 g/mol. The van der Waals surface area contributed by atoms with Crippen LogP contribution in [-0.4, -0.2) is 29.1 Å². The Morgan fingerprint density at radius 2 is 1.46 bits per heavy atom. The summed E-state index contributed by atoms with van der Waals surface area (Å²) in [5.41, 5.74) is 6.70. The van der Waals surface area contributed by atoms with Crippen molar-refractivity contribution in [2.75, 3.05) is 18.5 Å². The normalized spacial score (nSPS) is 13.6. The minimum Gasteiger partial charge on any atom is -0.371 e. The van der Waals surface area contributed by atoms with Crippen LogP contribution in [-0.2, 0) is 16.0 Å². The molecule has 0 radical (unpaired) electrons. The number of hydrogen-bond acceptors (Lipinski definition) is 2. The zero-order chi connectivity index (χ0) is 23.6. The highest BCUT2D eigenvalue weighted by molar-refractivity contribution is 5.93. The first-order valence-electron chi connectivity index (χ1n) is 12.3. The van der Waals surface area contributed by atoms with Crippen molar-refractivity contribution >= 4 is 33.4 Å². The number of nitrogens with one attached hydrogen (secondary N) is 3. The van der Waals surface area contributed by atoms with Crippen molar-refractivity contribution in [3.63, 3.8) is 0 Å². The number of H-pyrrole nitrogens is 2. The van der Waals surface area contributed by atoms with Gasteiger partial charge in [-0.3, -0.25) is 4.79 Å². The summed E-state index contributed by atoms with van der Waals surface area (Å²) in [6, 6.07) is 25.0. The van der Waals surface area contributed by atoms with Crippen LogP contribution in [0.15, 0.2) is 85.2 Å². The number of ether oxygens (including phenoxy) is 1. The Morgan fingerprint density at radius 1 is 0.857 bits per heavy atom. The number of carbonyl (C=O) groups is 1. The van der Waals surface area contributed by atoms with E-state index >= 15 is 0 Å². The summed E-state index contributed by atoms with van der Waals surface area (Å²) < 4.78 is 5.61. The van der Waals surface area contributed by atoms with E-state index in [0.717, 1.165) is 28.7 Å². The second-order valence-corrected chi connectivity index (χ2v) is 9.50. The van der Waals surface area contributed by atoms with Gasteiger partial charge in [-0.25, -0.2) is 0 Å². The first-order chi connectivity index (χ1) is 17.3. The van der Waals surface area contributed by atoms with Gasteiger partial charge in [0, 0.05) is 45.8 Å². The molecule has 3 aromatic carbocycles. The molecule has 35 heavy (non-hydrogen) atoms. The van der Waals surface area contributed by atoms with E-state index in [4.69, 9.17) is 4.74 Å². The zero-order valence-electron chi connectivity index (χ0n) is 19.6. The van der Waals surface area contributed by atoms with Gasteiger partial charge in [0.1, 0.15) is 6.61 Å². The topological polar surface area (TPSA) is 69.9 Å². The van der Waals surface area contributed by atoms with Gasteiger partial charge in [-0.05, 0) is 60.1 Å². The number of amides is 1. The summed E-state index contributed by atoms with van der Waals surface area (Å²) >= 11 is 0. The smallest absolute Gasteiger partial charge is 0.250 e. The summed E-state index contributed by atoms with van der Waals surface area (Å²) in [5, 5.41) is 5.54. The zero-order valence-corrected chi connectivity index (χ0v) is 19.6. The number of anilines is 1. The van der Waals surface area contributed by atoms with Gasteiger partial charge in [-0.15, -0.1) is 0 Å². The van der Waals surface area contributed by atoms with E-state index in [1.54, 1.807) is 0 Å². The van der Waals surface area contributed by atoms with E-state index in [9.17, 15) is 4.79 Å². The number of hydrogen-bond donors (Lipinski definition) is 3. The molecule has 2 heterocycles. The van der Waals surface area contributed by atoms with E-state index in [1.807, 2.05) is 18.2 Å². The van der Waals surface area contributed by atoms with E-state index in [-0.39, 0.29) is 18.4 Å². The van der Waals surface area contributed by atoms with Crippen LogP contribution < -0.4 is 5.32 Å². The van der Waals surface area contributed by atoms with Crippen molar-refractivity contribution in [1.29, 1.82) is 0 Å². The maximum atomic E-state index is 12.6. The van der Waals surface area contributed by atoms with Gasteiger partial charge in [0.15, 0.2) is 0 Å². The second kappa shape index (κ2) is 9.43. The molecule has 1 fully saturated rings. The number of fused-ring (bicyclic) bond motifs is 2. The average Bonchev–Trinajstić information content (AvgIpc) is 3.45. The molecule has 1 aliphatic rings. The molecule has 0 bridgehead atoms. The lowest BCUT2D eigenvalue weighted by Crippen LogP contribution is -2.20. The average molecular weight is 464 g/mol. The van der Waals surface area contributed by atoms with Crippen LogP contribution in [0.2, 0.25) is 0 Å². The Kier molecular flexibility index (Phi) is 5.84. The second-order valence-electron chi connectivity index (χ2n) is 9.50. The molecule has 0 atom stereocenters. The van der Waals surface area contributed by atoms with Gasteiger partial charge >= 0.3 is 0 Å². The Labute approximate surface area is 204 Å². The summed E-state index contributed by atoms with van der Waals surface area (Å²) in [7, 11) is 0. The first kappa shape index (κ1) is 21.7. The lowest BCUT2D eigenvalue weighted by atomic mass is 9.85. The molecule has 3 N–H and O–H groups in total. The molecule has 176 valence electrons. The van der Waals surface area contributed by atoms with Crippen molar-refractivity contribution in [3.05, 3.63) is 102 Å². The van der Waals surface area contributed by atoms with Crippen LogP contribution in [0.1, 0.15) is 35.4 Å². The molecule has 2 aromatic heterocycles. The molecule has 5 aromatic rings. The maximum absolute atomic E-state index is 12.6. The fourth-order valence-electron chi connectivity index (χ4n) is 4.98. The molecule has 0 saturated heterocycles. The number of carbonyl (C=O) groups excluding carboxylic acids is 1. The standard InChI is InChI=1S/C30H29N3O2/c34-30(19-35-18-20-13-14-20)33-27-10-4-1-7-21(27)15-24(25-16-31-28-11-5-2-8-22(25)28)26-17-32-29-12-6-3-9-23(26)29/h1-12,16-17,20,24,31-32H,13-15,18-19H2,(H,33,34). The lowest BCUT2D eigenvalue weighted by molar-refractivity contribution is -0.120. The minimum absolute atomic E-state index is 0.0964. The molecule has 1 amide bonds. The van der Waals surface area contributed by atoms with E-state index < -0.39 is 0 Å². The monoisotopic (exact) mass is 463 g/mol. The van der Waals surface area contributed by atoms with E-state index in [2.05, 4.69) is 82.3 Å². The SMILES string of the molecule is O=C(COCC1CC1)Nc1ccccc1CC(c1c[nH]c2ccccc12)c1c[nH]c2ccccc12. The van der Waals surface area contributed by atoms with Crippen molar-refractivity contribution in [2.24, 2.45) is 5.92 Å². The summed E-state index contributed by atoms with van der Waals surface area (Å²) in [4.78, 5) is 19.5. The predicted molar refractivity (Wildman–Crippen MR) is 141 cm³/mol.